The van der Waals surface area contributed by atoms with Crippen molar-refractivity contribution < 1.29 is 9.59 Å². The number of aromatic nitrogens is 2. The predicted octanol–water partition coefficient (Wildman–Crippen LogP) is 7.46. The molecule has 7 heteroatoms. The van der Waals surface area contributed by atoms with E-state index in [2.05, 4.69) is 33.5 Å². The molecule has 0 aliphatic heterocycles. The first-order chi connectivity index (χ1) is 20.1. The summed E-state index contributed by atoms with van der Waals surface area (Å²) in [6.45, 7) is 1.03. The zero-order chi connectivity index (χ0) is 28.9. The van der Waals surface area contributed by atoms with Crippen molar-refractivity contribution >= 4 is 44.3 Å². The van der Waals surface area contributed by atoms with Gasteiger partial charge in [-0.05, 0) is 60.2 Å². The molecular formula is C34H41ClN4O2. The Kier molecular flexibility index (Phi) is 12.1. The Hall–Kier alpha value is -3.35. The van der Waals surface area contributed by atoms with Gasteiger partial charge in [0, 0.05) is 41.5 Å². The lowest BCUT2D eigenvalue weighted by Crippen LogP contribution is -2.31. The molecule has 0 bridgehead atoms. The summed E-state index contributed by atoms with van der Waals surface area (Å²) in [5.41, 5.74) is 7.47. The number of halogens is 1. The lowest BCUT2D eigenvalue weighted by atomic mass is 9.88. The molecule has 0 atom stereocenters. The first-order valence-electron chi connectivity index (χ1n) is 14.9. The summed E-state index contributed by atoms with van der Waals surface area (Å²) >= 11 is 5.32. The number of pyridine rings is 2. The molecule has 2 fully saturated rings. The number of rotatable bonds is 5. The van der Waals surface area contributed by atoms with Crippen LogP contribution in [0.25, 0.3) is 21.5 Å². The van der Waals surface area contributed by atoms with Crippen molar-refractivity contribution in [3.8, 4) is 0 Å². The number of hydrogen-bond donors (Lipinski definition) is 2. The quantitative estimate of drug-likeness (QED) is 0.242. The van der Waals surface area contributed by atoms with Gasteiger partial charge in [-0.1, -0.05) is 87.1 Å². The van der Waals surface area contributed by atoms with E-state index in [9.17, 15) is 9.59 Å². The predicted molar refractivity (Wildman–Crippen MR) is 167 cm³/mol. The van der Waals surface area contributed by atoms with Gasteiger partial charge in [-0.15, -0.1) is 0 Å². The van der Waals surface area contributed by atoms with E-state index in [1.165, 1.54) is 49.3 Å². The maximum Gasteiger partial charge on any atom is 0.224 e. The van der Waals surface area contributed by atoms with E-state index in [-0.39, 0.29) is 23.0 Å². The zero-order valence-electron chi connectivity index (χ0n) is 23.7. The molecule has 2 aliphatic rings. The maximum atomic E-state index is 12.2. The fourth-order valence-electron chi connectivity index (χ4n) is 5.68. The van der Waals surface area contributed by atoms with Crippen LogP contribution in [0.4, 0.5) is 0 Å². The standard InChI is InChI=1S/C17H20N2O.C10H10N2.C7H11ClO/c20-17(14-7-2-1-3-8-14)19-12-16-15-9-5-4-6-13(15)10-11-18-16;11-7-10-9-4-2-1-3-8(9)5-6-12-10;8-7(9)6-4-2-1-3-5-6/h4-6,9-11,14H,1-3,7-8,12H2,(H,19,20);1-6H,7,11H2;6H,1-5H2. The van der Waals surface area contributed by atoms with Crippen molar-refractivity contribution in [2.24, 2.45) is 17.6 Å². The highest BCUT2D eigenvalue weighted by Gasteiger charge is 2.21. The van der Waals surface area contributed by atoms with Crippen LogP contribution in [-0.2, 0) is 22.7 Å². The Morgan fingerprint density at radius 2 is 1.20 bits per heavy atom. The van der Waals surface area contributed by atoms with Gasteiger partial charge in [-0.3, -0.25) is 19.6 Å². The molecular weight excluding hydrogens is 532 g/mol. The maximum absolute atomic E-state index is 12.2. The molecule has 0 radical (unpaired) electrons. The first kappa shape index (κ1) is 30.6. The number of fused-ring (bicyclic) bond motifs is 2. The van der Waals surface area contributed by atoms with E-state index in [0.717, 1.165) is 47.8 Å². The highest BCUT2D eigenvalue weighted by molar-refractivity contribution is 6.63. The molecule has 2 aromatic heterocycles. The smallest absolute Gasteiger partial charge is 0.224 e. The van der Waals surface area contributed by atoms with Gasteiger partial charge in [0.15, 0.2) is 0 Å². The minimum Gasteiger partial charge on any atom is -0.350 e. The molecule has 3 N–H and O–H groups in total. The number of nitrogens with one attached hydrogen (secondary N) is 1. The van der Waals surface area contributed by atoms with Crippen molar-refractivity contribution in [2.75, 3.05) is 0 Å². The third kappa shape index (κ3) is 9.07. The van der Waals surface area contributed by atoms with Crippen molar-refractivity contribution in [1.29, 1.82) is 0 Å². The summed E-state index contributed by atoms with van der Waals surface area (Å²) in [5.74, 6) is 0.582. The zero-order valence-corrected chi connectivity index (χ0v) is 24.5. The Morgan fingerprint density at radius 1 is 0.707 bits per heavy atom. The Balaban J connectivity index is 0.000000156. The van der Waals surface area contributed by atoms with Crippen LogP contribution in [0.1, 0.15) is 75.6 Å². The summed E-state index contributed by atoms with van der Waals surface area (Å²) in [7, 11) is 0. The summed E-state index contributed by atoms with van der Waals surface area (Å²) in [6, 6.07) is 20.3. The van der Waals surface area contributed by atoms with Crippen LogP contribution in [0, 0.1) is 11.8 Å². The van der Waals surface area contributed by atoms with Gasteiger partial charge >= 0.3 is 0 Å². The van der Waals surface area contributed by atoms with E-state index in [1.54, 1.807) is 6.20 Å². The van der Waals surface area contributed by atoms with Crippen LogP contribution in [0.15, 0.2) is 73.1 Å². The minimum absolute atomic E-state index is 0.130. The molecule has 6 rings (SSSR count). The number of hydrogen-bond acceptors (Lipinski definition) is 5. The Bertz CT molecular complexity index is 1400. The van der Waals surface area contributed by atoms with Crippen LogP contribution >= 0.6 is 11.6 Å². The summed E-state index contributed by atoms with van der Waals surface area (Å²) < 4.78 is 0. The molecule has 2 aliphatic carbocycles. The molecule has 4 aromatic rings. The topological polar surface area (TPSA) is 98.0 Å². The number of nitrogens with zero attached hydrogens (tertiary/aromatic N) is 2. The van der Waals surface area contributed by atoms with Crippen LogP contribution in [0.3, 0.4) is 0 Å². The average molecular weight is 573 g/mol. The molecule has 41 heavy (non-hydrogen) atoms. The first-order valence-corrected chi connectivity index (χ1v) is 15.3. The molecule has 6 nitrogen and oxygen atoms in total. The number of benzene rings is 2. The number of carbonyl (C=O) groups excluding carboxylic acids is 2. The SMILES string of the molecule is NCc1nccc2ccccc12.O=C(Cl)C1CCCCC1.O=C(NCc1nccc2ccccc12)C1CCCCC1. The van der Waals surface area contributed by atoms with Crippen molar-refractivity contribution in [3.63, 3.8) is 0 Å². The number of amides is 1. The molecule has 0 spiro atoms. The molecule has 2 saturated carbocycles. The fourth-order valence-corrected chi connectivity index (χ4v) is 5.90. The summed E-state index contributed by atoms with van der Waals surface area (Å²) in [5, 5.41) is 7.58. The van der Waals surface area contributed by atoms with E-state index in [1.807, 2.05) is 48.7 Å². The third-order valence-electron chi connectivity index (χ3n) is 8.04. The van der Waals surface area contributed by atoms with Gasteiger partial charge in [0.2, 0.25) is 11.1 Å². The van der Waals surface area contributed by atoms with Crippen molar-refractivity contribution in [3.05, 3.63) is 84.4 Å². The van der Waals surface area contributed by atoms with Gasteiger partial charge in [0.05, 0.1) is 17.9 Å². The van der Waals surface area contributed by atoms with E-state index in [0.29, 0.717) is 13.1 Å². The molecule has 0 saturated heterocycles. The van der Waals surface area contributed by atoms with E-state index >= 15 is 0 Å². The van der Waals surface area contributed by atoms with E-state index in [4.69, 9.17) is 17.3 Å². The second kappa shape index (κ2) is 16.2. The van der Waals surface area contributed by atoms with Crippen LogP contribution < -0.4 is 11.1 Å². The third-order valence-corrected chi connectivity index (χ3v) is 8.35. The number of nitrogens with two attached hydrogens (primary N) is 1. The Morgan fingerprint density at radius 3 is 1.71 bits per heavy atom. The van der Waals surface area contributed by atoms with Crippen molar-refractivity contribution in [1.82, 2.24) is 15.3 Å². The van der Waals surface area contributed by atoms with Gasteiger partial charge in [-0.2, -0.15) is 0 Å². The minimum atomic E-state index is -0.130. The largest absolute Gasteiger partial charge is 0.350 e. The second-order valence-corrected chi connectivity index (χ2v) is 11.2. The molecule has 1 amide bonds. The lowest BCUT2D eigenvalue weighted by molar-refractivity contribution is -0.126. The molecule has 0 unspecified atom stereocenters. The van der Waals surface area contributed by atoms with Gasteiger partial charge in [-0.25, -0.2) is 0 Å². The van der Waals surface area contributed by atoms with Gasteiger partial charge in [0.25, 0.3) is 0 Å². The number of carbonyl (C=O) groups is 2. The average Bonchev–Trinajstić information content (AvgIpc) is 3.04. The summed E-state index contributed by atoms with van der Waals surface area (Å²) in [4.78, 5) is 31.3. The molecule has 216 valence electrons. The van der Waals surface area contributed by atoms with E-state index < -0.39 is 0 Å². The van der Waals surface area contributed by atoms with Crippen molar-refractivity contribution in [2.45, 2.75) is 77.3 Å². The van der Waals surface area contributed by atoms with Crippen LogP contribution in [0.2, 0.25) is 0 Å². The normalized spacial score (nSPS) is 15.8. The lowest BCUT2D eigenvalue weighted by Gasteiger charge is -2.20. The molecule has 2 aromatic carbocycles. The fraction of sp³-hybridized carbons (Fsp3) is 0.412. The summed E-state index contributed by atoms with van der Waals surface area (Å²) in [6.07, 6.45) is 15.0. The highest BCUT2D eigenvalue weighted by Crippen LogP contribution is 2.25. The highest BCUT2D eigenvalue weighted by atomic mass is 35.5. The Labute approximate surface area is 248 Å². The van der Waals surface area contributed by atoms with Crippen LogP contribution in [0.5, 0.6) is 0 Å². The van der Waals surface area contributed by atoms with Crippen LogP contribution in [-0.4, -0.2) is 21.1 Å². The van der Waals surface area contributed by atoms with Gasteiger partial charge < -0.3 is 11.1 Å². The second-order valence-electron chi connectivity index (χ2n) is 10.9. The molecule has 2 heterocycles. The monoisotopic (exact) mass is 572 g/mol. The van der Waals surface area contributed by atoms with Gasteiger partial charge in [0.1, 0.15) is 0 Å².